The average Bonchev–Trinajstić information content (AvgIpc) is 3.14. The molecule has 0 aliphatic heterocycles. The summed E-state index contributed by atoms with van der Waals surface area (Å²) in [6.07, 6.45) is 9.10. The Morgan fingerprint density at radius 2 is 1.13 bits per heavy atom. The fourth-order valence-corrected chi connectivity index (χ4v) is 10.6. The number of nitrogens with one attached hydrogen (secondary N) is 2. The van der Waals surface area contributed by atoms with Gasteiger partial charge in [0.15, 0.2) is 0 Å². The predicted octanol–water partition coefficient (Wildman–Crippen LogP) is 8.67. The van der Waals surface area contributed by atoms with Gasteiger partial charge in [-0.25, -0.2) is 0 Å². The van der Waals surface area contributed by atoms with Gasteiger partial charge in [-0.1, -0.05) is 177 Å². The molecule has 5 aromatic carbocycles. The third kappa shape index (κ3) is 10.6. The van der Waals surface area contributed by atoms with E-state index in [1.807, 2.05) is 12.2 Å². The van der Waals surface area contributed by atoms with Gasteiger partial charge in [-0.2, -0.15) is 0 Å². The minimum absolute atomic E-state index is 0.327. The maximum Gasteiger partial charge on any atom is 0.0211 e. The van der Waals surface area contributed by atoms with Gasteiger partial charge in [0.1, 0.15) is 0 Å². The molecular weight excluding hydrogens is 606 g/mol. The van der Waals surface area contributed by atoms with Crippen molar-refractivity contribution in [2.24, 2.45) is 0 Å². The van der Waals surface area contributed by atoms with Crippen molar-refractivity contribution in [2.45, 2.75) is 25.6 Å². The van der Waals surface area contributed by atoms with Crippen LogP contribution in [0.5, 0.6) is 0 Å². The summed E-state index contributed by atoms with van der Waals surface area (Å²) in [6, 6.07) is 53.1. The summed E-state index contributed by atoms with van der Waals surface area (Å²) >= 11 is 0. The molecule has 0 saturated carbocycles. The first-order valence-electron chi connectivity index (χ1n) is 16.5. The SMILES string of the molecule is C=C/C=C(\C=C)P(CCNCc1ccccc1CNC(Cc1ccccc1)CP(c1ccccc1)c1ccccc1)c1ccccc1. The van der Waals surface area contributed by atoms with Crippen LogP contribution in [-0.2, 0) is 19.5 Å². The highest BCUT2D eigenvalue weighted by Crippen LogP contribution is 2.43. The smallest absolute Gasteiger partial charge is 0.0211 e. The molecule has 5 aromatic rings. The summed E-state index contributed by atoms with van der Waals surface area (Å²) in [6.45, 7) is 10.6. The van der Waals surface area contributed by atoms with Crippen LogP contribution >= 0.6 is 15.8 Å². The van der Waals surface area contributed by atoms with Crippen LogP contribution in [0.2, 0.25) is 0 Å². The zero-order valence-electron chi connectivity index (χ0n) is 27.2. The number of benzene rings is 5. The van der Waals surface area contributed by atoms with E-state index < -0.39 is 15.8 Å². The maximum atomic E-state index is 4.10. The molecular formula is C43H46N2P2. The first kappa shape index (κ1) is 34.4. The van der Waals surface area contributed by atoms with Crippen molar-refractivity contribution < 1.29 is 0 Å². The molecule has 0 heterocycles. The maximum absolute atomic E-state index is 4.10. The molecule has 0 saturated heterocycles. The molecule has 2 atom stereocenters. The fraction of sp³-hybridized carbons (Fsp3) is 0.163. The van der Waals surface area contributed by atoms with Gasteiger partial charge in [-0.15, -0.1) is 0 Å². The van der Waals surface area contributed by atoms with Gasteiger partial charge in [0.25, 0.3) is 0 Å². The molecule has 0 bridgehead atoms. The third-order valence-electron chi connectivity index (χ3n) is 8.27. The highest BCUT2D eigenvalue weighted by atomic mass is 31.1. The van der Waals surface area contributed by atoms with Gasteiger partial charge in [0.2, 0.25) is 0 Å². The quantitative estimate of drug-likeness (QED) is 0.0563. The van der Waals surface area contributed by atoms with Crippen molar-refractivity contribution in [3.63, 3.8) is 0 Å². The monoisotopic (exact) mass is 652 g/mol. The Labute approximate surface area is 284 Å². The van der Waals surface area contributed by atoms with Crippen LogP contribution in [0, 0.1) is 0 Å². The molecule has 0 aliphatic rings. The van der Waals surface area contributed by atoms with Crippen LogP contribution in [0.3, 0.4) is 0 Å². The van der Waals surface area contributed by atoms with Crippen molar-refractivity contribution in [3.8, 4) is 0 Å². The molecule has 0 fully saturated rings. The van der Waals surface area contributed by atoms with Crippen LogP contribution in [-0.4, -0.2) is 24.9 Å². The second kappa shape index (κ2) is 19.0. The predicted molar refractivity (Wildman–Crippen MR) is 209 cm³/mol. The minimum atomic E-state index is -0.513. The lowest BCUT2D eigenvalue weighted by molar-refractivity contribution is 0.548. The molecule has 0 amide bonds. The Morgan fingerprint density at radius 1 is 0.617 bits per heavy atom. The van der Waals surface area contributed by atoms with Gasteiger partial charge in [-0.05, 0) is 79.1 Å². The second-order valence-electron chi connectivity index (χ2n) is 11.5. The Balaban J connectivity index is 1.28. The van der Waals surface area contributed by atoms with Crippen molar-refractivity contribution in [1.82, 2.24) is 10.6 Å². The Kier molecular flexibility index (Phi) is 14.0. The first-order valence-corrected chi connectivity index (χ1v) is 19.5. The zero-order valence-corrected chi connectivity index (χ0v) is 29.0. The van der Waals surface area contributed by atoms with Crippen LogP contribution in [0.15, 0.2) is 182 Å². The summed E-state index contributed by atoms with van der Waals surface area (Å²) in [4.78, 5) is 0. The van der Waals surface area contributed by atoms with Crippen LogP contribution in [0.4, 0.5) is 0 Å². The lowest BCUT2D eigenvalue weighted by Gasteiger charge is -2.27. The first-order chi connectivity index (χ1) is 23.2. The number of hydrogen-bond acceptors (Lipinski definition) is 2. The molecule has 47 heavy (non-hydrogen) atoms. The van der Waals surface area contributed by atoms with Gasteiger partial charge in [-0.3, -0.25) is 0 Å². The molecule has 2 nitrogen and oxygen atoms in total. The van der Waals surface area contributed by atoms with E-state index in [4.69, 9.17) is 0 Å². The van der Waals surface area contributed by atoms with Gasteiger partial charge < -0.3 is 10.6 Å². The largest absolute Gasteiger partial charge is 0.312 e. The Bertz CT molecular complexity index is 1630. The van der Waals surface area contributed by atoms with E-state index in [-0.39, 0.29) is 0 Å². The lowest BCUT2D eigenvalue weighted by atomic mass is 10.0. The molecule has 0 aromatic heterocycles. The Hall–Kier alpha value is -3.90. The van der Waals surface area contributed by atoms with E-state index in [2.05, 4.69) is 175 Å². The minimum Gasteiger partial charge on any atom is -0.312 e. The third-order valence-corrected chi connectivity index (χ3v) is 13.5. The van der Waals surface area contributed by atoms with Gasteiger partial charge in [0, 0.05) is 19.1 Å². The highest BCUT2D eigenvalue weighted by molar-refractivity contribution is 7.73. The molecule has 238 valence electrons. The fourth-order valence-electron chi connectivity index (χ4n) is 5.87. The van der Waals surface area contributed by atoms with Gasteiger partial charge >= 0.3 is 0 Å². The normalized spacial score (nSPS) is 12.8. The standard InChI is InChI=1S/C43H46N2P2/c1-3-19-40(4-2)46(41-24-11-6-12-25-41)31-30-44-33-37-22-17-18-23-38(37)34-45-39(32-36-20-9-5-10-21-36)35-47(42-26-13-7-14-27-42)43-28-15-8-16-29-43/h3-29,39,44-45H,1-2,30-35H2/b40-19+. The van der Waals surface area contributed by atoms with E-state index in [9.17, 15) is 0 Å². The van der Waals surface area contributed by atoms with Crippen molar-refractivity contribution in [3.05, 3.63) is 199 Å². The average molecular weight is 653 g/mol. The van der Waals surface area contributed by atoms with Gasteiger partial charge in [0.05, 0.1) is 0 Å². The summed E-state index contributed by atoms with van der Waals surface area (Å²) in [5.74, 6) is 0. The lowest BCUT2D eigenvalue weighted by Crippen LogP contribution is -2.36. The van der Waals surface area contributed by atoms with E-state index >= 15 is 0 Å². The molecule has 0 radical (unpaired) electrons. The second-order valence-corrected chi connectivity index (χ2v) is 16.1. The van der Waals surface area contributed by atoms with Crippen LogP contribution < -0.4 is 26.5 Å². The van der Waals surface area contributed by atoms with Crippen LogP contribution in [0.25, 0.3) is 0 Å². The Morgan fingerprint density at radius 3 is 1.68 bits per heavy atom. The molecule has 5 rings (SSSR count). The number of rotatable bonds is 18. The van der Waals surface area contributed by atoms with Crippen LogP contribution in [0.1, 0.15) is 16.7 Å². The molecule has 2 N–H and O–H groups in total. The molecule has 0 spiro atoms. The van der Waals surface area contributed by atoms with E-state index in [1.165, 1.54) is 37.9 Å². The van der Waals surface area contributed by atoms with E-state index in [0.29, 0.717) is 6.04 Å². The molecule has 2 unspecified atom stereocenters. The summed E-state index contributed by atoms with van der Waals surface area (Å²) < 4.78 is 0. The summed E-state index contributed by atoms with van der Waals surface area (Å²) in [5, 5.41) is 13.3. The number of hydrogen-bond donors (Lipinski definition) is 2. The van der Waals surface area contributed by atoms with E-state index in [1.54, 1.807) is 0 Å². The molecule has 0 aliphatic carbocycles. The highest BCUT2D eigenvalue weighted by Gasteiger charge is 2.20. The van der Waals surface area contributed by atoms with Crippen molar-refractivity contribution in [1.29, 1.82) is 0 Å². The zero-order chi connectivity index (χ0) is 32.5. The summed E-state index contributed by atoms with van der Waals surface area (Å²) in [5.41, 5.74) is 4.07. The summed E-state index contributed by atoms with van der Waals surface area (Å²) in [7, 11) is -1.01. The molecule has 4 heteroatoms. The van der Waals surface area contributed by atoms with Crippen molar-refractivity contribution in [2.75, 3.05) is 18.9 Å². The van der Waals surface area contributed by atoms with E-state index in [0.717, 1.165) is 38.4 Å². The number of allylic oxidation sites excluding steroid dienone is 4. The topological polar surface area (TPSA) is 24.1 Å². The van der Waals surface area contributed by atoms with Crippen molar-refractivity contribution >= 4 is 31.8 Å².